The SMILES string of the molecule is O=c1ccc(-c2nc3ccccc3n([C@H]3C[C@H]4CCC[C@@H](C3)N4[C@H]3C[C@@H]4CCC[C@@H](C4)C3)c2=O)c[nH]1. The molecule has 2 aliphatic carbocycles. The van der Waals surface area contributed by atoms with Gasteiger partial charge in [0.15, 0.2) is 0 Å². The molecule has 6 heteroatoms. The van der Waals surface area contributed by atoms with E-state index in [1.165, 1.54) is 63.9 Å². The van der Waals surface area contributed by atoms with Crippen molar-refractivity contribution in [3.8, 4) is 11.3 Å². The highest BCUT2D eigenvalue weighted by Crippen LogP contribution is 2.47. The Balaban J connectivity index is 1.26. The summed E-state index contributed by atoms with van der Waals surface area (Å²) in [7, 11) is 0. The quantitative estimate of drug-likeness (QED) is 0.549. The number of aromatic nitrogens is 3. The smallest absolute Gasteiger partial charge is 0.277 e. The first-order valence-electron chi connectivity index (χ1n) is 14.1. The highest BCUT2D eigenvalue weighted by atomic mass is 16.1. The van der Waals surface area contributed by atoms with Gasteiger partial charge in [0.1, 0.15) is 5.69 Å². The van der Waals surface area contributed by atoms with E-state index in [-0.39, 0.29) is 17.2 Å². The monoisotopic (exact) mass is 484 g/mol. The molecule has 1 N–H and O–H groups in total. The maximum Gasteiger partial charge on any atom is 0.277 e. The summed E-state index contributed by atoms with van der Waals surface area (Å²) in [4.78, 5) is 36.1. The molecule has 2 saturated heterocycles. The van der Waals surface area contributed by atoms with Crippen LogP contribution in [0, 0.1) is 11.8 Å². The number of para-hydroxylation sites is 2. The first-order chi connectivity index (χ1) is 17.6. The minimum Gasteiger partial charge on any atom is -0.328 e. The van der Waals surface area contributed by atoms with Gasteiger partial charge in [0.2, 0.25) is 5.56 Å². The molecule has 2 aliphatic heterocycles. The minimum absolute atomic E-state index is 0.0375. The van der Waals surface area contributed by atoms with Crippen LogP contribution in [-0.4, -0.2) is 37.6 Å². The fourth-order valence-corrected chi connectivity index (χ4v) is 8.40. The Labute approximate surface area is 211 Å². The number of aromatic amines is 1. The molecule has 0 unspecified atom stereocenters. The molecular weight excluding hydrogens is 448 g/mol. The zero-order chi connectivity index (χ0) is 24.2. The normalized spacial score (nSPS) is 32.4. The van der Waals surface area contributed by atoms with Crippen LogP contribution in [0.5, 0.6) is 0 Å². The predicted molar refractivity (Wildman–Crippen MR) is 142 cm³/mol. The van der Waals surface area contributed by atoms with Crippen LogP contribution in [0.4, 0.5) is 0 Å². The van der Waals surface area contributed by atoms with Crippen LogP contribution < -0.4 is 11.1 Å². The van der Waals surface area contributed by atoms with E-state index in [1.54, 1.807) is 12.3 Å². The van der Waals surface area contributed by atoms with Crippen molar-refractivity contribution in [2.75, 3.05) is 0 Å². The summed E-state index contributed by atoms with van der Waals surface area (Å²) >= 11 is 0. The minimum atomic E-state index is -0.174. The van der Waals surface area contributed by atoms with Crippen molar-refractivity contribution in [3.63, 3.8) is 0 Å². The molecule has 0 spiro atoms. The van der Waals surface area contributed by atoms with Gasteiger partial charge in [-0.15, -0.1) is 0 Å². The molecule has 36 heavy (non-hydrogen) atoms. The Morgan fingerprint density at radius 3 is 2.19 bits per heavy atom. The molecule has 6 nitrogen and oxygen atoms in total. The molecule has 188 valence electrons. The van der Waals surface area contributed by atoms with Crippen molar-refractivity contribution < 1.29 is 0 Å². The Morgan fingerprint density at radius 1 is 0.750 bits per heavy atom. The average molecular weight is 485 g/mol. The van der Waals surface area contributed by atoms with E-state index in [9.17, 15) is 9.59 Å². The molecule has 4 aliphatic rings. The van der Waals surface area contributed by atoms with Gasteiger partial charge in [-0.05, 0) is 75.0 Å². The molecule has 2 saturated carbocycles. The molecule has 3 aromatic rings. The lowest BCUT2D eigenvalue weighted by atomic mass is 9.68. The first kappa shape index (κ1) is 22.5. The molecular formula is C30H36N4O2. The fourth-order valence-electron chi connectivity index (χ4n) is 8.40. The van der Waals surface area contributed by atoms with Gasteiger partial charge in [-0.25, -0.2) is 4.98 Å². The van der Waals surface area contributed by atoms with E-state index in [0.717, 1.165) is 41.8 Å². The lowest BCUT2D eigenvalue weighted by Crippen LogP contribution is -2.58. The zero-order valence-electron chi connectivity index (χ0n) is 20.9. The average Bonchev–Trinajstić information content (AvgIpc) is 2.88. The van der Waals surface area contributed by atoms with Gasteiger partial charge in [0.05, 0.1) is 11.0 Å². The molecule has 4 bridgehead atoms. The maximum absolute atomic E-state index is 14.0. The van der Waals surface area contributed by atoms with Gasteiger partial charge in [-0.2, -0.15) is 0 Å². The number of rotatable bonds is 3. The third-order valence-corrected chi connectivity index (χ3v) is 9.75. The van der Waals surface area contributed by atoms with Crippen LogP contribution in [0.25, 0.3) is 22.3 Å². The van der Waals surface area contributed by atoms with Crippen molar-refractivity contribution in [3.05, 3.63) is 63.3 Å². The van der Waals surface area contributed by atoms with Crippen LogP contribution in [0.3, 0.4) is 0 Å². The summed E-state index contributed by atoms with van der Waals surface area (Å²) in [6.45, 7) is 0. The van der Waals surface area contributed by atoms with E-state index in [2.05, 4.69) is 14.5 Å². The van der Waals surface area contributed by atoms with Crippen LogP contribution >= 0.6 is 0 Å². The number of hydrogen-bond acceptors (Lipinski definition) is 4. The molecule has 0 radical (unpaired) electrons. The van der Waals surface area contributed by atoms with Gasteiger partial charge in [-0.3, -0.25) is 14.5 Å². The van der Waals surface area contributed by atoms with Gasteiger partial charge in [0, 0.05) is 42.0 Å². The number of benzene rings is 1. The largest absolute Gasteiger partial charge is 0.328 e. The molecule has 2 aromatic heterocycles. The number of nitrogens with one attached hydrogen (secondary N) is 1. The van der Waals surface area contributed by atoms with Crippen molar-refractivity contribution in [1.29, 1.82) is 0 Å². The number of pyridine rings is 1. The lowest BCUT2D eigenvalue weighted by molar-refractivity contribution is -0.0485. The fraction of sp³-hybridized carbons (Fsp3) is 0.567. The second kappa shape index (κ2) is 8.98. The molecule has 4 heterocycles. The number of H-pyrrole nitrogens is 1. The Hall–Kier alpha value is -2.73. The summed E-state index contributed by atoms with van der Waals surface area (Å²) in [5.74, 6) is 1.88. The maximum atomic E-state index is 14.0. The lowest BCUT2D eigenvalue weighted by Gasteiger charge is -2.55. The summed E-state index contributed by atoms with van der Waals surface area (Å²) in [5.41, 5.74) is 2.66. The summed E-state index contributed by atoms with van der Waals surface area (Å²) in [5, 5.41) is 0. The Kier molecular flexibility index (Phi) is 5.61. The second-order valence-corrected chi connectivity index (χ2v) is 11.9. The standard InChI is InChI=1S/C30H36N4O2/c35-28-12-11-21(18-31-28)29-30(36)34(27-10-2-1-9-26(27)32-29)25-16-22-7-4-8-23(17-25)33(22)24-14-19-5-3-6-20(13-19)15-24/h1-2,9-12,18-20,22-25H,3-8,13-17H2,(H,31,35)/t19-,20+,22-,23+,24+,25+. The van der Waals surface area contributed by atoms with E-state index >= 15 is 0 Å². The van der Waals surface area contributed by atoms with E-state index < -0.39 is 0 Å². The number of piperidine rings is 2. The number of nitrogens with zero attached hydrogens (tertiary/aromatic N) is 3. The van der Waals surface area contributed by atoms with Crippen molar-refractivity contribution in [1.82, 2.24) is 19.4 Å². The van der Waals surface area contributed by atoms with Crippen LogP contribution in [0.1, 0.15) is 76.7 Å². The number of hydrogen-bond donors (Lipinski definition) is 1. The van der Waals surface area contributed by atoms with Gasteiger partial charge in [-0.1, -0.05) is 37.8 Å². The van der Waals surface area contributed by atoms with Gasteiger partial charge in [0.25, 0.3) is 5.56 Å². The molecule has 0 amide bonds. The third-order valence-electron chi connectivity index (χ3n) is 9.75. The van der Waals surface area contributed by atoms with E-state index in [4.69, 9.17) is 4.98 Å². The summed E-state index contributed by atoms with van der Waals surface area (Å²) < 4.78 is 2.06. The second-order valence-electron chi connectivity index (χ2n) is 11.9. The Bertz CT molecular complexity index is 1350. The summed E-state index contributed by atoms with van der Waals surface area (Å²) in [6, 6.07) is 13.3. The molecule has 4 fully saturated rings. The van der Waals surface area contributed by atoms with Crippen LogP contribution in [0.2, 0.25) is 0 Å². The highest BCUT2D eigenvalue weighted by molar-refractivity contribution is 5.77. The first-order valence-corrected chi connectivity index (χ1v) is 14.1. The van der Waals surface area contributed by atoms with Gasteiger partial charge < -0.3 is 9.55 Å². The highest BCUT2D eigenvalue weighted by Gasteiger charge is 2.45. The van der Waals surface area contributed by atoms with Crippen LogP contribution in [-0.2, 0) is 0 Å². The predicted octanol–water partition coefficient (Wildman–Crippen LogP) is 5.28. The van der Waals surface area contributed by atoms with E-state index in [1.807, 2.05) is 24.3 Å². The van der Waals surface area contributed by atoms with E-state index in [0.29, 0.717) is 23.3 Å². The summed E-state index contributed by atoms with van der Waals surface area (Å²) in [6.07, 6.45) is 16.1. The topological polar surface area (TPSA) is 71.0 Å². The molecule has 6 atom stereocenters. The van der Waals surface area contributed by atoms with Crippen molar-refractivity contribution in [2.45, 2.75) is 94.8 Å². The van der Waals surface area contributed by atoms with Gasteiger partial charge >= 0.3 is 0 Å². The zero-order valence-corrected chi connectivity index (χ0v) is 20.9. The van der Waals surface area contributed by atoms with Crippen molar-refractivity contribution >= 4 is 11.0 Å². The number of fused-ring (bicyclic) bond motifs is 5. The van der Waals surface area contributed by atoms with Crippen LogP contribution in [0.15, 0.2) is 52.2 Å². The third kappa shape index (κ3) is 3.85. The van der Waals surface area contributed by atoms with Crippen molar-refractivity contribution in [2.24, 2.45) is 11.8 Å². The Morgan fingerprint density at radius 2 is 1.47 bits per heavy atom. The molecule has 7 rings (SSSR count). The molecule has 1 aromatic carbocycles.